The van der Waals surface area contributed by atoms with E-state index >= 15 is 0 Å². The number of hydrogen-bond donors (Lipinski definition) is 0. The predicted molar refractivity (Wildman–Crippen MR) is 118 cm³/mol. The molecular weight excluding hydrogens is 414 g/mol. The minimum absolute atomic E-state index is 0.132. The van der Waals surface area contributed by atoms with Gasteiger partial charge < -0.3 is 14.2 Å². The molecule has 0 saturated heterocycles. The van der Waals surface area contributed by atoms with E-state index in [4.69, 9.17) is 14.2 Å². The zero-order valence-corrected chi connectivity index (χ0v) is 17.5. The molecule has 1 aliphatic rings. The van der Waals surface area contributed by atoms with E-state index in [0.29, 0.717) is 16.6 Å². The molecule has 8 heteroatoms. The van der Waals surface area contributed by atoms with Crippen molar-refractivity contribution in [1.29, 1.82) is 0 Å². The Morgan fingerprint density at radius 1 is 1.16 bits per heavy atom. The normalized spacial score (nSPS) is 14.9. The summed E-state index contributed by atoms with van der Waals surface area (Å²) in [5.74, 6) is 1.70. The quantitative estimate of drug-likeness (QED) is 0.472. The number of carbonyl (C=O) groups is 1. The van der Waals surface area contributed by atoms with Gasteiger partial charge in [0.05, 0.1) is 29.6 Å². The smallest absolute Gasteiger partial charge is 0.273 e. The summed E-state index contributed by atoms with van der Waals surface area (Å²) in [6, 6.07) is 18.6. The van der Waals surface area contributed by atoms with Crippen molar-refractivity contribution >= 4 is 32.6 Å². The number of amides is 1. The summed E-state index contributed by atoms with van der Waals surface area (Å²) in [4.78, 5) is 24.2. The average Bonchev–Trinajstić information content (AvgIpc) is 3.25. The third kappa shape index (κ3) is 3.89. The van der Waals surface area contributed by atoms with Crippen LogP contribution in [0.2, 0.25) is 0 Å². The van der Waals surface area contributed by atoms with Crippen LogP contribution in [0, 0.1) is 0 Å². The Kier molecular flexibility index (Phi) is 5.13. The second-order valence-electron chi connectivity index (χ2n) is 6.94. The lowest BCUT2D eigenvalue weighted by molar-refractivity contribution is -0.127. The molecule has 2 aromatic heterocycles. The molecule has 31 heavy (non-hydrogen) atoms. The zero-order chi connectivity index (χ0) is 21.2. The Morgan fingerprint density at radius 3 is 2.81 bits per heavy atom. The Balaban J connectivity index is 1.49. The number of ether oxygens (including phenoxy) is 3. The van der Waals surface area contributed by atoms with Gasteiger partial charge in [-0.3, -0.25) is 14.7 Å². The van der Waals surface area contributed by atoms with Gasteiger partial charge in [0, 0.05) is 6.20 Å². The number of methoxy groups -OCH3 is 1. The molecule has 7 nitrogen and oxygen atoms in total. The predicted octanol–water partition coefficient (Wildman–Crippen LogP) is 4.07. The number of thiazole rings is 1. The van der Waals surface area contributed by atoms with Gasteiger partial charge in [0.15, 0.2) is 16.6 Å². The number of para-hydroxylation sites is 2. The van der Waals surface area contributed by atoms with E-state index in [-0.39, 0.29) is 19.1 Å². The highest BCUT2D eigenvalue weighted by molar-refractivity contribution is 7.22. The van der Waals surface area contributed by atoms with Crippen LogP contribution in [0.5, 0.6) is 17.2 Å². The van der Waals surface area contributed by atoms with Crippen molar-refractivity contribution in [3.63, 3.8) is 0 Å². The van der Waals surface area contributed by atoms with Crippen molar-refractivity contribution in [2.24, 2.45) is 0 Å². The second kappa shape index (κ2) is 8.23. The van der Waals surface area contributed by atoms with Crippen LogP contribution < -0.4 is 19.1 Å². The van der Waals surface area contributed by atoms with Crippen molar-refractivity contribution in [3.8, 4) is 17.2 Å². The Labute approximate surface area is 182 Å². The van der Waals surface area contributed by atoms with E-state index in [2.05, 4.69) is 9.97 Å². The topological polar surface area (TPSA) is 73.8 Å². The van der Waals surface area contributed by atoms with Crippen molar-refractivity contribution < 1.29 is 19.0 Å². The van der Waals surface area contributed by atoms with Crippen LogP contribution >= 0.6 is 11.3 Å². The van der Waals surface area contributed by atoms with E-state index in [1.165, 1.54) is 11.3 Å². The minimum atomic E-state index is -0.778. The first-order valence-electron chi connectivity index (χ1n) is 9.75. The van der Waals surface area contributed by atoms with Crippen LogP contribution in [0.15, 0.2) is 66.9 Å². The van der Waals surface area contributed by atoms with Gasteiger partial charge in [-0.25, -0.2) is 4.98 Å². The van der Waals surface area contributed by atoms with E-state index in [0.717, 1.165) is 21.7 Å². The van der Waals surface area contributed by atoms with E-state index in [1.807, 2.05) is 54.6 Å². The Hall–Kier alpha value is -3.65. The summed E-state index contributed by atoms with van der Waals surface area (Å²) in [6.07, 6.45) is 0.928. The SMILES string of the molecule is COc1ccc2nc(N(Cc3ccccn3)C(=O)[C@@H]3COc4ccccc4O3)sc2c1. The first kappa shape index (κ1) is 19.3. The molecule has 0 N–H and O–H groups in total. The van der Waals surface area contributed by atoms with E-state index in [9.17, 15) is 4.79 Å². The van der Waals surface area contributed by atoms with E-state index in [1.54, 1.807) is 24.3 Å². The number of fused-ring (bicyclic) bond motifs is 2. The number of anilines is 1. The molecule has 4 aromatic rings. The van der Waals surface area contributed by atoms with Gasteiger partial charge in [0.25, 0.3) is 5.91 Å². The molecule has 156 valence electrons. The van der Waals surface area contributed by atoms with Crippen LogP contribution in [0.25, 0.3) is 10.2 Å². The maximum atomic E-state index is 13.5. The summed E-state index contributed by atoms with van der Waals surface area (Å²) >= 11 is 1.42. The fourth-order valence-corrected chi connectivity index (χ4v) is 4.34. The monoisotopic (exact) mass is 433 g/mol. The number of hydrogen-bond acceptors (Lipinski definition) is 7. The van der Waals surface area contributed by atoms with Gasteiger partial charge in [-0.2, -0.15) is 0 Å². The van der Waals surface area contributed by atoms with Crippen LogP contribution in [0.1, 0.15) is 5.69 Å². The third-order valence-electron chi connectivity index (χ3n) is 4.91. The largest absolute Gasteiger partial charge is 0.497 e. The highest BCUT2D eigenvalue weighted by Gasteiger charge is 2.33. The Bertz CT molecular complexity index is 1230. The molecular formula is C23H19N3O4S. The van der Waals surface area contributed by atoms with Crippen molar-refractivity contribution in [3.05, 3.63) is 72.6 Å². The maximum Gasteiger partial charge on any atom is 0.273 e. The molecule has 1 amide bonds. The second-order valence-corrected chi connectivity index (χ2v) is 7.95. The molecule has 2 aromatic carbocycles. The number of carbonyl (C=O) groups excluding carboxylic acids is 1. The van der Waals surface area contributed by atoms with Crippen LogP contribution in [0.3, 0.4) is 0 Å². The van der Waals surface area contributed by atoms with Gasteiger partial charge in [-0.05, 0) is 42.5 Å². The fourth-order valence-electron chi connectivity index (χ4n) is 3.34. The lowest BCUT2D eigenvalue weighted by Crippen LogP contribution is -2.46. The lowest BCUT2D eigenvalue weighted by atomic mass is 10.2. The summed E-state index contributed by atoms with van der Waals surface area (Å²) in [6.45, 7) is 0.408. The first-order chi connectivity index (χ1) is 15.2. The van der Waals surface area contributed by atoms with Gasteiger partial charge in [0.1, 0.15) is 12.4 Å². The first-order valence-corrected chi connectivity index (χ1v) is 10.6. The molecule has 1 atom stereocenters. The van der Waals surface area contributed by atoms with Gasteiger partial charge in [-0.15, -0.1) is 0 Å². The molecule has 0 aliphatic carbocycles. The van der Waals surface area contributed by atoms with Crippen molar-refractivity contribution in [2.45, 2.75) is 12.6 Å². The highest BCUT2D eigenvalue weighted by atomic mass is 32.1. The van der Waals surface area contributed by atoms with Crippen molar-refractivity contribution in [1.82, 2.24) is 9.97 Å². The maximum absolute atomic E-state index is 13.5. The molecule has 0 unspecified atom stereocenters. The summed E-state index contributed by atoms with van der Waals surface area (Å²) in [5, 5.41) is 0.571. The number of nitrogens with zero attached hydrogens (tertiary/aromatic N) is 3. The van der Waals surface area contributed by atoms with Crippen LogP contribution in [-0.2, 0) is 11.3 Å². The van der Waals surface area contributed by atoms with Crippen LogP contribution in [0.4, 0.5) is 5.13 Å². The zero-order valence-electron chi connectivity index (χ0n) is 16.7. The fraction of sp³-hybridized carbons (Fsp3) is 0.174. The van der Waals surface area contributed by atoms with Gasteiger partial charge >= 0.3 is 0 Å². The molecule has 0 fully saturated rings. The highest BCUT2D eigenvalue weighted by Crippen LogP contribution is 2.35. The summed E-state index contributed by atoms with van der Waals surface area (Å²) in [5.41, 5.74) is 1.55. The molecule has 0 bridgehead atoms. The van der Waals surface area contributed by atoms with E-state index < -0.39 is 6.10 Å². The van der Waals surface area contributed by atoms with Crippen LogP contribution in [-0.4, -0.2) is 35.7 Å². The summed E-state index contributed by atoms with van der Waals surface area (Å²) in [7, 11) is 1.62. The van der Waals surface area contributed by atoms with Crippen molar-refractivity contribution in [2.75, 3.05) is 18.6 Å². The third-order valence-corrected chi connectivity index (χ3v) is 5.95. The van der Waals surface area contributed by atoms with Gasteiger partial charge in [0.2, 0.25) is 6.10 Å². The molecule has 0 radical (unpaired) electrons. The number of rotatable bonds is 5. The Morgan fingerprint density at radius 2 is 2.00 bits per heavy atom. The standard InChI is InChI=1S/C23H19N3O4S/c1-28-16-9-10-17-21(12-16)31-23(25-17)26(13-15-6-4-5-11-24-15)22(27)20-14-29-18-7-2-3-8-19(18)30-20/h2-12,20H,13-14H2,1H3/t20-/m0/s1. The average molecular weight is 433 g/mol. The number of aromatic nitrogens is 2. The molecule has 5 rings (SSSR count). The molecule has 0 saturated carbocycles. The molecule has 1 aliphatic heterocycles. The number of benzene rings is 2. The van der Waals surface area contributed by atoms with Gasteiger partial charge in [-0.1, -0.05) is 29.5 Å². The molecule has 3 heterocycles. The minimum Gasteiger partial charge on any atom is -0.497 e. The summed E-state index contributed by atoms with van der Waals surface area (Å²) < 4.78 is 18.0. The molecule has 0 spiro atoms. The number of pyridine rings is 1. The lowest BCUT2D eigenvalue weighted by Gasteiger charge is -2.29.